The number of imide groups is 1. The molecule has 11 heteroatoms. The zero-order valence-electron chi connectivity index (χ0n) is 19.7. The van der Waals surface area contributed by atoms with Crippen LogP contribution in [0, 0.1) is 10.1 Å². The molecule has 3 amide bonds. The standard InChI is InChI=1S/C27H19ClN4O5S/c28-19-7-9-20(10-8-19)29-25(33)16-31-26(34)24(38-27(31)35)13-18-15-30(23-4-2-1-3-22(18)23)14-17-5-11-21(12-6-17)32(36)37/h1-13,15H,14,16H2,(H,29,33)/b24-13-. The first-order valence-corrected chi connectivity index (χ1v) is 12.6. The van der Waals surface area contributed by atoms with Gasteiger partial charge in [0.2, 0.25) is 5.91 Å². The van der Waals surface area contributed by atoms with E-state index in [1.807, 2.05) is 35.0 Å². The fourth-order valence-corrected chi connectivity index (χ4v) is 5.05. The number of benzene rings is 3. The van der Waals surface area contributed by atoms with Crippen molar-refractivity contribution in [1.82, 2.24) is 9.47 Å². The van der Waals surface area contributed by atoms with E-state index in [4.69, 9.17) is 11.6 Å². The van der Waals surface area contributed by atoms with Gasteiger partial charge >= 0.3 is 0 Å². The Hall–Kier alpha value is -4.41. The van der Waals surface area contributed by atoms with Gasteiger partial charge in [-0.25, -0.2) is 0 Å². The lowest BCUT2D eigenvalue weighted by Crippen LogP contribution is -2.36. The minimum Gasteiger partial charge on any atom is -0.342 e. The molecule has 4 aromatic rings. The van der Waals surface area contributed by atoms with Gasteiger partial charge in [-0.05, 0) is 53.7 Å². The monoisotopic (exact) mass is 546 g/mol. The topological polar surface area (TPSA) is 115 Å². The number of fused-ring (bicyclic) bond motifs is 1. The van der Waals surface area contributed by atoms with Crippen molar-refractivity contribution in [2.75, 3.05) is 11.9 Å². The van der Waals surface area contributed by atoms with E-state index in [1.165, 1.54) is 12.1 Å². The Morgan fingerprint density at radius 1 is 1.03 bits per heavy atom. The summed E-state index contributed by atoms with van der Waals surface area (Å²) < 4.78 is 1.98. The molecule has 2 heterocycles. The SMILES string of the molecule is O=C(CN1C(=O)S/C(=C\c2cn(Cc3ccc([N+](=O)[O-])cc3)c3ccccc23)C1=O)Nc1ccc(Cl)cc1. The predicted molar refractivity (Wildman–Crippen MR) is 147 cm³/mol. The summed E-state index contributed by atoms with van der Waals surface area (Å²) in [6.45, 7) is 0.0469. The number of amides is 3. The Morgan fingerprint density at radius 3 is 2.45 bits per heavy atom. The maximum Gasteiger partial charge on any atom is 0.294 e. The summed E-state index contributed by atoms with van der Waals surface area (Å²) >= 11 is 6.64. The zero-order valence-corrected chi connectivity index (χ0v) is 21.2. The molecule has 0 unspecified atom stereocenters. The molecule has 1 aliphatic rings. The third-order valence-corrected chi connectivity index (χ3v) is 7.07. The fraction of sp³-hybridized carbons (Fsp3) is 0.0741. The van der Waals surface area contributed by atoms with Crippen LogP contribution in [0.15, 0.2) is 83.9 Å². The lowest BCUT2D eigenvalue weighted by molar-refractivity contribution is -0.384. The van der Waals surface area contributed by atoms with Gasteiger partial charge in [-0.15, -0.1) is 0 Å². The highest BCUT2D eigenvalue weighted by molar-refractivity contribution is 8.18. The van der Waals surface area contributed by atoms with E-state index in [-0.39, 0.29) is 10.6 Å². The van der Waals surface area contributed by atoms with Crippen LogP contribution in [0.4, 0.5) is 16.2 Å². The molecule has 9 nitrogen and oxygen atoms in total. The molecular weight excluding hydrogens is 528 g/mol. The summed E-state index contributed by atoms with van der Waals surface area (Å²) in [6.07, 6.45) is 3.52. The Kier molecular flexibility index (Phi) is 6.99. The zero-order chi connectivity index (χ0) is 26.8. The van der Waals surface area contributed by atoms with Crippen molar-refractivity contribution in [3.05, 3.63) is 110 Å². The number of nitro groups is 1. The van der Waals surface area contributed by atoms with E-state index >= 15 is 0 Å². The normalized spacial score (nSPS) is 14.4. The van der Waals surface area contributed by atoms with Crippen LogP contribution in [0.3, 0.4) is 0 Å². The first kappa shape index (κ1) is 25.2. The molecule has 0 aliphatic carbocycles. The van der Waals surface area contributed by atoms with Gasteiger partial charge in [0.15, 0.2) is 0 Å². The molecule has 0 spiro atoms. The number of aromatic nitrogens is 1. The number of anilines is 1. The predicted octanol–water partition coefficient (Wildman–Crippen LogP) is 5.93. The molecule has 1 aromatic heterocycles. The molecule has 0 bridgehead atoms. The fourth-order valence-electron chi connectivity index (χ4n) is 4.10. The van der Waals surface area contributed by atoms with Crippen molar-refractivity contribution in [2.45, 2.75) is 6.54 Å². The molecule has 1 N–H and O–H groups in total. The van der Waals surface area contributed by atoms with Crippen LogP contribution in [0.25, 0.3) is 17.0 Å². The minimum atomic E-state index is -0.543. The average molecular weight is 547 g/mol. The molecule has 190 valence electrons. The summed E-state index contributed by atoms with van der Waals surface area (Å²) in [6, 6.07) is 20.4. The third kappa shape index (κ3) is 5.31. The maximum absolute atomic E-state index is 13.0. The number of thioether (sulfide) groups is 1. The van der Waals surface area contributed by atoms with E-state index < -0.39 is 28.5 Å². The number of rotatable bonds is 7. The molecule has 0 atom stereocenters. The van der Waals surface area contributed by atoms with E-state index in [0.717, 1.165) is 38.7 Å². The number of hydrogen-bond acceptors (Lipinski definition) is 6. The summed E-state index contributed by atoms with van der Waals surface area (Å²) in [5.41, 5.74) is 3.03. The van der Waals surface area contributed by atoms with E-state index in [2.05, 4.69) is 5.32 Å². The number of carbonyl (C=O) groups is 3. The van der Waals surface area contributed by atoms with Crippen molar-refractivity contribution in [3.63, 3.8) is 0 Å². The van der Waals surface area contributed by atoms with Crippen LogP contribution < -0.4 is 5.32 Å². The van der Waals surface area contributed by atoms with Crippen LogP contribution in [0.5, 0.6) is 0 Å². The van der Waals surface area contributed by atoms with Gasteiger partial charge in [0.1, 0.15) is 6.54 Å². The van der Waals surface area contributed by atoms with E-state index in [9.17, 15) is 24.5 Å². The molecular formula is C27H19ClN4O5S. The average Bonchev–Trinajstić information content (AvgIpc) is 3.37. The van der Waals surface area contributed by atoms with Gasteiger partial charge in [0.25, 0.3) is 16.8 Å². The third-order valence-electron chi connectivity index (χ3n) is 5.91. The second-order valence-electron chi connectivity index (χ2n) is 8.48. The first-order chi connectivity index (χ1) is 18.3. The quantitative estimate of drug-likeness (QED) is 0.175. The molecule has 5 rings (SSSR count). The molecule has 1 saturated heterocycles. The summed E-state index contributed by atoms with van der Waals surface area (Å²) in [5.74, 6) is -1.05. The van der Waals surface area contributed by atoms with Crippen molar-refractivity contribution in [2.24, 2.45) is 0 Å². The number of carbonyl (C=O) groups excluding carboxylic acids is 3. The van der Waals surface area contributed by atoms with Gasteiger partial charge in [0.05, 0.1) is 9.83 Å². The van der Waals surface area contributed by atoms with Gasteiger partial charge in [0, 0.05) is 52.1 Å². The number of non-ortho nitro benzene ring substituents is 1. The summed E-state index contributed by atoms with van der Waals surface area (Å²) in [4.78, 5) is 49.7. The lowest BCUT2D eigenvalue weighted by Gasteiger charge is -2.12. The Bertz CT molecular complexity index is 1610. The second kappa shape index (κ2) is 10.5. The second-order valence-corrected chi connectivity index (χ2v) is 9.91. The van der Waals surface area contributed by atoms with Crippen LogP contribution in [-0.4, -0.2) is 38.0 Å². The Balaban J connectivity index is 1.36. The number of nitrogens with zero attached hydrogens (tertiary/aromatic N) is 3. The molecule has 3 aromatic carbocycles. The van der Waals surface area contributed by atoms with Crippen LogP contribution in [0.1, 0.15) is 11.1 Å². The molecule has 0 radical (unpaired) electrons. The summed E-state index contributed by atoms with van der Waals surface area (Å²) in [7, 11) is 0. The highest BCUT2D eigenvalue weighted by Crippen LogP contribution is 2.34. The van der Waals surface area contributed by atoms with Crippen molar-refractivity contribution >= 4 is 68.8 Å². The van der Waals surface area contributed by atoms with Crippen molar-refractivity contribution in [3.8, 4) is 0 Å². The van der Waals surface area contributed by atoms with Gasteiger partial charge in [-0.2, -0.15) is 0 Å². The first-order valence-electron chi connectivity index (χ1n) is 11.4. The molecule has 38 heavy (non-hydrogen) atoms. The Labute approximate surface area is 225 Å². The smallest absolute Gasteiger partial charge is 0.294 e. The van der Waals surface area contributed by atoms with Gasteiger partial charge < -0.3 is 9.88 Å². The van der Waals surface area contributed by atoms with Crippen LogP contribution in [0.2, 0.25) is 5.02 Å². The number of halogens is 1. The van der Waals surface area contributed by atoms with E-state index in [0.29, 0.717) is 17.3 Å². The summed E-state index contributed by atoms with van der Waals surface area (Å²) in [5, 5.41) is 14.5. The minimum absolute atomic E-state index is 0.0179. The van der Waals surface area contributed by atoms with Crippen molar-refractivity contribution < 1.29 is 19.3 Å². The number of hydrogen-bond donors (Lipinski definition) is 1. The highest BCUT2D eigenvalue weighted by atomic mass is 35.5. The van der Waals surface area contributed by atoms with Gasteiger partial charge in [-0.3, -0.25) is 29.4 Å². The highest BCUT2D eigenvalue weighted by Gasteiger charge is 2.36. The number of nitrogens with one attached hydrogen (secondary N) is 1. The largest absolute Gasteiger partial charge is 0.342 e. The molecule has 1 fully saturated rings. The molecule has 1 aliphatic heterocycles. The van der Waals surface area contributed by atoms with Crippen LogP contribution >= 0.6 is 23.4 Å². The lowest BCUT2D eigenvalue weighted by atomic mass is 10.1. The van der Waals surface area contributed by atoms with E-state index in [1.54, 1.807) is 42.5 Å². The maximum atomic E-state index is 13.0. The van der Waals surface area contributed by atoms with Gasteiger partial charge in [-0.1, -0.05) is 41.9 Å². The number of nitro benzene ring substituents is 1. The van der Waals surface area contributed by atoms with Crippen molar-refractivity contribution in [1.29, 1.82) is 0 Å². The van der Waals surface area contributed by atoms with Crippen LogP contribution in [-0.2, 0) is 16.1 Å². The molecule has 0 saturated carbocycles. The number of para-hydroxylation sites is 1. The Morgan fingerprint density at radius 2 is 1.74 bits per heavy atom.